The van der Waals surface area contributed by atoms with Gasteiger partial charge < -0.3 is 4.57 Å². The van der Waals surface area contributed by atoms with Crippen LogP contribution in [0.5, 0.6) is 0 Å². The Hall–Kier alpha value is -7.21. The predicted molar refractivity (Wildman–Crippen MR) is 236 cm³/mol. The lowest BCUT2D eigenvalue weighted by atomic mass is 10.0. The summed E-state index contributed by atoms with van der Waals surface area (Å²) in [5.41, 5.74) is 6.34. The second kappa shape index (κ2) is 12.2. The molecule has 0 fully saturated rings. The molecule has 56 heavy (non-hydrogen) atoms. The fourth-order valence-corrected chi connectivity index (χ4v) is 9.79. The highest BCUT2D eigenvalue weighted by Crippen LogP contribution is 2.44. The summed E-state index contributed by atoms with van der Waals surface area (Å²) in [4.78, 5) is 16.0. The molecule has 0 spiro atoms. The van der Waals surface area contributed by atoms with Crippen molar-refractivity contribution in [1.82, 2.24) is 19.5 Å². The third-order valence-electron chi connectivity index (χ3n) is 11.2. The molecule has 12 aromatic rings. The maximum Gasteiger partial charge on any atom is 0.164 e. The largest absolute Gasteiger partial charge is 0.308 e. The molecule has 0 saturated carbocycles. The molecule has 0 aliphatic rings. The molecule has 0 unspecified atom stereocenters. The average Bonchev–Trinajstić information content (AvgIpc) is 3.80. The first-order chi connectivity index (χ1) is 27.7. The summed E-state index contributed by atoms with van der Waals surface area (Å²) in [5.74, 6) is 1.93. The highest BCUT2D eigenvalue weighted by Gasteiger charge is 2.21. The van der Waals surface area contributed by atoms with Gasteiger partial charge in [-0.2, -0.15) is 0 Å². The average molecular weight is 731 g/mol. The van der Waals surface area contributed by atoms with Crippen LogP contribution >= 0.6 is 11.3 Å². The Morgan fingerprint density at radius 1 is 0.357 bits per heavy atom. The van der Waals surface area contributed by atoms with E-state index in [-0.39, 0.29) is 0 Å². The van der Waals surface area contributed by atoms with Crippen molar-refractivity contribution in [3.8, 4) is 39.9 Å². The molecule has 3 aromatic heterocycles. The fraction of sp³-hybridized carbons (Fsp3) is 0. The molecule has 0 saturated heterocycles. The van der Waals surface area contributed by atoms with Gasteiger partial charge in [-0.25, -0.2) is 15.0 Å². The Balaban J connectivity index is 1.20. The molecule has 0 N–H and O–H groups in total. The van der Waals surface area contributed by atoms with Crippen molar-refractivity contribution >= 4 is 85.6 Å². The van der Waals surface area contributed by atoms with Gasteiger partial charge in [0.25, 0.3) is 0 Å². The molecule has 260 valence electrons. The van der Waals surface area contributed by atoms with Crippen LogP contribution in [0, 0.1) is 0 Å². The first kappa shape index (κ1) is 31.2. The topological polar surface area (TPSA) is 43.6 Å². The van der Waals surface area contributed by atoms with Gasteiger partial charge >= 0.3 is 0 Å². The van der Waals surface area contributed by atoms with Crippen molar-refractivity contribution in [2.24, 2.45) is 0 Å². The van der Waals surface area contributed by atoms with E-state index in [1.54, 1.807) is 0 Å². The summed E-state index contributed by atoms with van der Waals surface area (Å²) < 4.78 is 4.93. The van der Waals surface area contributed by atoms with Crippen molar-refractivity contribution in [2.45, 2.75) is 0 Å². The number of para-hydroxylation sites is 1. The van der Waals surface area contributed by atoms with Gasteiger partial charge in [-0.1, -0.05) is 146 Å². The molecule has 0 amide bonds. The lowest BCUT2D eigenvalue weighted by Crippen LogP contribution is -2.02. The fourth-order valence-electron chi connectivity index (χ4n) is 8.61. The van der Waals surface area contributed by atoms with Crippen molar-refractivity contribution in [1.29, 1.82) is 0 Å². The second-order valence-electron chi connectivity index (χ2n) is 14.4. The molecule has 5 heteroatoms. The van der Waals surface area contributed by atoms with E-state index in [1.807, 2.05) is 11.3 Å². The zero-order valence-corrected chi connectivity index (χ0v) is 30.8. The molecule has 4 nitrogen and oxygen atoms in total. The van der Waals surface area contributed by atoms with Crippen LogP contribution < -0.4 is 0 Å². The summed E-state index contributed by atoms with van der Waals surface area (Å²) in [6.45, 7) is 0. The van der Waals surface area contributed by atoms with E-state index < -0.39 is 0 Å². The van der Waals surface area contributed by atoms with Gasteiger partial charge in [0.1, 0.15) is 0 Å². The zero-order valence-electron chi connectivity index (χ0n) is 30.0. The molecule has 0 radical (unpaired) electrons. The summed E-state index contributed by atoms with van der Waals surface area (Å²) >= 11 is 1.84. The van der Waals surface area contributed by atoms with E-state index in [1.165, 1.54) is 47.2 Å². The zero-order chi connectivity index (χ0) is 36.7. The van der Waals surface area contributed by atoms with E-state index in [0.717, 1.165) is 49.4 Å². The number of hydrogen-bond donors (Lipinski definition) is 0. The maximum atomic E-state index is 5.36. The maximum absolute atomic E-state index is 5.36. The molecule has 0 aliphatic heterocycles. The SMILES string of the molecule is c1ccc2cc3c(cc2c1)c1ccccc1n3-c1cc(-c2nc(-c3cccc4ccccc34)nc(-c3cccc4ccccc34)n2)cc2c1sc1ccccc12. The minimum Gasteiger partial charge on any atom is -0.308 e. The molecule has 0 aliphatic carbocycles. The molecule has 12 rings (SSSR count). The number of thiophene rings is 1. The smallest absolute Gasteiger partial charge is 0.164 e. The number of benzene rings is 9. The highest BCUT2D eigenvalue weighted by molar-refractivity contribution is 7.26. The first-order valence-corrected chi connectivity index (χ1v) is 19.7. The number of fused-ring (bicyclic) bond motifs is 9. The van der Waals surface area contributed by atoms with Crippen molar-refractivity contribution in [2.75, 3.05) is 0 Å². The molecule has 0 bridgehead atoms. The van der Waals surface area contributed by atoms with Crippen LogP contribution in [0.3, 0.4) is 0 Å². The third kappa shape index (κ3) is 4.75. The normalized spacial score (nSPS) is 11.9. The number of aromatic nitrogens is 4. The van der Waals surface area contributed by atoms with Gasteiger partial charge in [0.2, 0.25) is 0 Å². The Morgan fingerprint density at radius 2 is 0.893 bits per heavy atom. The van der Waals surface area contributed by atoms with E-state index >= 15 is 0 Å². The van der Waals surface area contributed by atoms with Gasteiger partial charge in [0, 0.05) is 42.9 Å². The van der Waals surface area contributed by atoms with Crippen LogP contribution in [0.25, 0.3) is 114 Å². The third-order valence-corrected chi connectivity index (χ3v) is 12.4. The van der Waals surface area contributed by atoms with Gasteiger partial charge in [-0.3, -0.25) is 0 Å². The van der Waals surface area contributed by atoms with E-state index in [4.69, 9.17) is 15.0 Å². The first-order valence-electron chi connectivity index (χ1n) is 18.9. The Morgan fingerprint density at radius 3 is 1.59 bits per heavy atom. The van der Waals surface area contributed by atoms with Gasteiger partial charge in [-0.05, 0) is 68.7 Å². The predicted octanol–water partition coefficient (Wildman–Crippen LogP) is 13.8. The summed E-state index contributed by atoms with van der Waals surface area (Å²) in [7, 11) is 0. The Labute approximate surface area is 325 Å². The van der Waals surface area contributed by atoms with Crippen LogP contribution in [-0.2, 0) is 0 Å². The minimum atomic E-state index is 0.635. The quantitative estimate of drug-likeness (QED) is 0.181. The molecule has 3 heterocycles. The summed E-state index contributed by atoms with van der Waals surface area (Å²) in [6.07, 6.45) is 0. The van der Waals surface area contributed by atoms with Crippen LogP contribution in [-0.4, -0.2) is 19.5 Å². The van der Waals surface area contributed by atoms with Crippen molar-refractivity contribution in [3.63, 3.8) is 0 Å². The van der Waals surface area contributed by atoms with Crippen molar-refractivity contribution in [3.05, 3.63) is 182 Å². The van der Waals surface area contributed by atoms with Gasteiger partial charge in [0.15, 0.2) is 17.5 Å². The van der Waals surface area contributed by atoms with E-state index in [2.05, 4.69) is 187 Å². The lowest BCUT2D eigenvalue weighted by molar-refractivity contribution is 1.08. The molecule has 0 atom stereocenters. The molecular weight excluding hydrogens is 701 g/mol. The van der Waals surface area contributed by atoms with Gasteiger partial charge in [-0.15, -0.1) is 11.3 Å². The highest BCUT2D eigenvalue weighted by atomic mass is 32.1. The van der Waals surface area contributed by atoms with Crippen LogP contribution in [0.2, 0.25) is 0 Å². The number of nitrogens with zero attached hydrogens (tertiary/aromatic N) is 4. The number of rotatable bonds is 4. The molecule has 9 aromatic carbocycles. The Bertz CT molecular complexity index is 3450. The van der Waals surface area contributed by atoms with Crippen LogP contribution in [0.15, 0.2) is 182 Å². The lowest BCUT2D eigenvalue weighted by Gasteiger charge is -2.14. The van der Waals surface area contributed by atoms with Crippen LogP contribution in [0.1, 0.15) is 0 Å². The van der Waals surface area contributed by atoms with Crippen molar-refractivity contribution < 1.29 is 0 Å². The Kier molecular flexibility index (Phi) is 6.76. The van der Waals surface area contributed by atoms with Gasteiger partial charge in [0.05, 0.1) is 21.4 Å². The minimum absolute atomic E-state index is 0.635. The standard InChI is InChI=1S/C51H30N4S/c1-2-16-34-29-45-42(27-33(34)15-1)38-21-7-9-25-44(38)55(45)46-30-35(28-43-39-22-8-10-26-47(39)56-48(43)46)49-52-50(40-23-11-17-31-13-3-5-19-36(31)40)54-51(53-49)41-24-12-18-32-14-4-6-20-37(32)41/h1-30H. The summed E-state index contributed by atoms with van der Waals surface area (Å²) in [6, 6.07) is 65.0. The summed E-state index contributed by atoms with van der Waals surface area (Å²) in [5, 5.41) is 11.8. The number of hydrogen-bond acceptors (Lipinski definition) is 4. The monoisotopic (exact) mass is 730 g/mol. The van der Waals surface area contributed by atoms with Crippen LogP contribution in [0.4, 0.5) is 0 Å². The van der Waals surface area contributed by atoms with E-state index in [0.29, 0.717) is 17.5 Å². The second-order valence-corrected chi connectivity index (χ2v) is 15.5. The molecular formula is C51H30N4S. The van der Waals surface area contributed by atoms with E-state index in [9.17, 15) is 0 Å².